The summed E-state index contributed by atoms with van der Waals surface area (Å²) in [7, 11) is 3.59. The molecular weight excluding hydrogens is 393 g/mol. The highest BCUT2D eigenvalue weighted by molar-refractivity contribution is 14.1. The van der Waals surface area contributed by atoms with Gasteiger partial charge in [0.25, 0.3) is 5.91 Å². The summed E-state index contributed by atoms with van der Waals surface area (Å²) in [5, 5.41) is 10.00. The molecule has 1 heterocycles. The van der Waals surface area contributed by atoms with Gasteiger partial charge in [-0.3, -0.25) is 4.79 Å². The first kappa shape index (κ1) is 15.5. The lowest BCUT2D eigenvalue weighted by atomic mass is 10.3. The second-order valence-corrected chi connectivity index (χ2v) is 5.46. The monoisotopic (exact) mass is 404 g/mol. The smallest absolute Gasteiger partial charge is 0.276 e. The maximum Gasteiger partial charge on any atom is 0.276 e. The molecule has 0 atom stereocenters. The Hall–Kier alpha value is -1.84. The molecule has 0 bridgehead atoms. The minimum absolute atomic E-state index is 0.0221. The third-order valence-electron chi connectivity index (χ3n) is 2.58. The summed E-state index contributed by atoms with van der Waals surface area (Å²) < 4.78 is 26.7. The zero-order valence-corrected chi connectivity index (χ0v) is 13.4. The van der Waals surface area contributed by atoms with E-state index in [1.807, 2.05) is 0 Å². The van der Waals surface area contributed by atoms with Crippen molar-refractivity contribution >= 4 is 40.0 Å². The maximum atomic E-state index is 13.4. The van der Waals surface area contributed by atoms with Gasteiger partial charge in [0, 0.05) is 19.8 Å². The van der Waals surface area contributed by atoms with Gasteiger partial charge in [0.05, 0.1) is 3.57 Å². The van der Waals surface area contributed by atoms with Crippen LogP contribution < -0.4 is 10.2 Å². The molecule has 0 saturated carbocycles. The first-order valence-electron chi connectivity index (χ1n) is 5.85. The van der Waals surface area contributed by atoms with Gasteiger partial charge in [-0.2, -0.15) is 0 Å². The highest BCUT2D eigenvalue weighted by Gasteiger charge is 2.13. The van der Waals surface area contributed by atoms with E-state index in [1.165, 1.54) is 6.07 Å². The average molecular weight is 404 g/mol. The molecule has 1 aromatic heterocycles. The van der Waals surface area contributed by atoms with Crippen LogP contribution in [-0.4, -0.2) is 30.2 Å². The zero-order valence-electron chi connectivity index (χ0n) is 11.2. The van der Waals surface area contributed by atoms with Crippen LogP contribution in [-0.2, 0) is 0 Å². The van der Waals surface area contributed by atoms with Gasteiger partial charge >= 0.3 is 0 Å². The van der Waals surface area contributed by atoms with Gasteiger partial charge in [0.1, 0.15) is 11.6 Å². The molecule has 5 nitrogen and oxygen atoms in total. The largest absolute Gasteiger partial charge is 0.361 e. The summed E-state index contributed by atoms with van der Waals surface area (Å²) in [5.74, 6) is -1.47. The summed E-state index contributed by atoms with van der Waals surface area (Å²) in [5.41, 5.74) is 0.0777. The standard InChI is InChI=1S/C13H11F2IN4O/c1-20(2)11-4-3-10(18-19-11)13(21)17-7-5-8(14)12(16)9(15)6-7/h3-6H,1-2H3,(H,17,21). The normalized spacial score (nSPS) is 10.3. The van der Waals surface area contributed by atoms with E-state index in [0.717, 1.165) is 12.1 Å². The van der Waals surface area contributed by atoms with Crippen molar-refractivity contribution in [2.24, 2.45) is 0 Å². The Labute approximate surface area is 133 Å². The Morgan fingerprint density at radius 2 is 1.81 bits per heavy atom. The van der Waals surface area contributed by atoms with Crippen molar-refractivity contribution in [2.75, 3.05) is 24.3 Å². The average Bonchev–Trinajstić information content (AvgIpc) is 2.44. The number of amides is 1. The van der Waals surface area contributed by atoms with Gasteiger partial charge in [-0.1, -0.05) is 0 Å². The van der Waals surface area contributed by atoms with E-state index >= 15 is 0 Å². The van der Waals surface area contributed by atoms with Crippen molar-refractivity contribution in [3.63, 3.8) is 0 Å². The summed E-state index contributed by atoms with van der Waals surface area (Å²) in [4.78, 5) is 13.7. The molecule has 0 unspecified atom stereocenters. The maximum absolute atomic E-state index is 13.4. The zero-order chi connectivity index (χ0) is 15.6. The molecule has 1 aromatic carbocycles. The lowest BCUT2D eigenvalue weighted by Crippen LogP contribution is -2.17. The predicted octanol–water partition coefficient (Wildman–Crippen LogP) is 2.68. The fourth-order valence-corrected chi connectivity index (χ4v) is 1.82. The number of hydrogen-bond donors (Lipinski definition) is 1. The summed E-state index contributed by atoms with van der Waals surface area (Å²) in [6.45, 7) is 0. The highest BCUT2D eigenvalue weighted by Crippen LogP contribution is 2.20. The fourth-order valence-electron chi connectivity index (χ4n) is 1.51. The van der Waals surface area contributed by atoms with E-state index in [4.69, 9.17) is 0 Å². The fraction of sp³-hybridized carbons (Fsp3) is 0.154. The number of carbonyl (C=O) groups is 1. The van der Waals surface area contributed by atoms with Gasteiger partial charge in [0.2, 0.25) is 0 Å². The molecule has 2 aromatic rings. The minimum atomic E-state index is -0.736. The number of carbonyl (C=O) groups excluding carboxylic acids is 1. The van der Waals surface area contributed by atoms with Crippen LogP contribution in [0.15, 0.2) is 24.3 Å². The molecule has 0 aliphatic carbocycles. The summed E-state index contributed by atoms with van der Waals surface area (Å²) >= 11 is 1.55. The van der Waals surface area contributed by atoms with Gasteiger partial charge < -0.3 is 10.2 Å². The quantitative estimate of drug-likeness (QED) is 0.632. The van der Waals surface area contributed by atoms with Gasteiger partial charge in [-0.05, 0) is 46.9 Å². The van der Waals surface area contributed by atoms with Gasteiger partial charge in [-0.25, -0.2) is 8.78 Å². The SMILES string of the molecule is CN(C)c1ccc(C(=O)Nc2cc(F)c(I)c(F)c2)nn1. The van der Waals surface area contributed by atoms with E-state index in [-0.39, 0.29) is 15.0 Å². The summed E-state index contributed by atoms with van der Waals surface area (Å²) in [6, 6.07) is 5.20. The van der Waals surface area contributed by atoms with Gasteiger partial charge in [0.15, 0.2) is 11.5 Å². The van der Waals surface area contributed by atoms with E-state index in [1.54, 1.807) is 47.7 Å². The topological polar surface area (TPSA) is 58.1 Å². The van der Waals surface area contributed by atoms with Crippen molar-refractivity contribution in [3.05, 3.63) is 45.2 Å². The molecule has 110 valence electrons. The van der Waals surface area contributed by atoms with Crippen molar-refractivity contribution < 1.29 is 13.6 Å². The van der Waals surface area contributed by atoms with Crippen LogP contribution in [0.3, 0.4) is 0 Å². The van der Waals surface area contributed by atoms with Gasteiger partial charge in [-0.15, -0.1) is 10.2 Å². The molecule has 0 aliphatic heterocycles. The Morgan fingerprint density at radius 1 is 1.19 bits per heavy atom. The number of rotatable bonds is 3. The number of nitrogens with zero attached hydrogens (tertiary/aromatic N) is 3. The number of hydrogen-bond acceptors (Lipinski definition) is 4. The van der Waals surface area contributed by atoms with E-state index in [9.17, 15) is 13.6 Å². The van der Waals surface area contributed by atoms with Crippen LogP contribution in [0.2, 0.25) is 0 Å². The molecule has 8 heteroatoms. The Bertz CT molecular complexity index is 653. The number of nitrogens with one attached hydrogen (secondary N) is 1. The lowest BCUT2D eigenvalue weighted by Gasteiger charge is -2.10. The van der Waals surface area contributed by atoms with Crippen molar-refractivity contribution in [3.8, 4) is 0 Å². The highest BCUT2D eigenvalue weighted by atomic mass is 127. The van der Waals surface area contributed by atoms with Crippen LogP contribution in [0.4, 0.5) is 20.3 Å². The summed E-state index contributed by atoms with van der Waals surface area (Å²) in [6.07, 6.45) is 0. The molecule has 1 amide bonds. The third kappa shape index (κ3) is 3.63. The number of aromatic nitrogens is 2. The molecule has 0 fully saturated rings. The number of anilines is 2. The predicted molar refractivity (Wildman–Crippen MR) is 83.4 cm³/mol. The van der Waals surface area contributed by atoms with Crippen LogP contribution in [0, 0.1) is 15.2 Å². The Balaban J connectivity index is 2.18. The van der Waals surface area contributed by atoms with Crippen LogP contribution in [0.1, 0.15) is 10.5 Å². The Kier molecular flexibility index (Phi) is 4.66. The van der Waals surface area contributed by atoms with E-state index in [2.05, 4.69) is 15.5 Å². The molecule has 0 saturated heterocycles. The molecule has 0 aliphatic rings. The van der Waals surface area contributed by atoms with Crippen molar-refractivity contribution in [2.45, 2.75) is 0 Å². The molecule has 1 N–H and O–H groups in total. The number of halogens is 3. The molecular formula is C13H11F2IN4O. The van der Waals surface area contributed by atoms with Crippen LogP contribution >= 0.6 is 22.6 Å². The molecule has 2 rings (SSSR count). The molecule has 21 heavy (non-hydrogen) atoms. The lowest BCUT2D eigenvalue weighted by molar-refractivity contribution is 0.102. The van der Waals surface area contributed by atoms with E-state index in [0.29, 0.717) is 5.82 Å². The molecule has 0 radical (unpaired) electrons. The van der Waals surface area contributed by atoms with Crippen LogP contribution in [0.25, 0.3) is 0 Å². The number of benzene rings is 1. The second-order valence-electron chi connectivity index (χ2n) is 4.38. The first-order chi connectivity index (χ1) is 9.88. The third-order valence-corrected chi connectivity index (χ3v) is 3.61. The second kappa shape index (κ2) is 6.29. The van der Waals surface area contributed by atoms with E-state index < -0.39 is 17.5 Å². The van der Waals surface area contributed by atoms with Crippen LogP contribution in [0.5, 0.6) is 0 Å². The van der Waals surface area contributed by atoms with Crippen molar-refractivity contribution in [1.29, 1.82) is 0 Å². The minimum Gasteiger partial charge on any atom is -0.361 e. The van der Waals surface area contributed by atoms with Crippen molar-refractivity contribution in [1.82, 2.24) is 10.2 Å². The first-order valence-corrected chi connectivity index (χ1v) is 6.93. The Morgan fingerprint density at radius 3 is 2.29 bits per heavy atom. The molecule has 0 spiro atoms.